The molecule has 2 aliphatic heterocycles. The van der Waals surface area contributed by atoms with Crippen LogP contribution in [0.4, 0.5) is 0 Å². The van der Waals surface area contributed by atoms with E-state index in [2.05, 4.69) is 6.92 Å². The predicted molar refractivity (Wildman–Crippen MR) is 96.8 cm³/mol. The highest BCUT2D eigenvalue weighted by Crippen LogP contribution is 2.32. The topological polar surface area (TPSA) is 65.1 Å². The Bertz CT molecular complexity index is 699. The minimum absolute atomic E-state index is 0.110. The fourth-order valence-electron chi connectivity index (χ4n) is 3.39. The van der Waals surface area contributed by atoms with Crippen LogP contribution in [0.25, 0.3) is 6.08 Å². The quantitative estimate of drug-likeness (QED) is 0.597. The molecule has 0 radical (unpaired) electrons. The van der Waals surface area contributed by atoms with Gasteiger partial charge in [0.2, 0.25) is 6.79 Å². The second-order valence-electron chi connectivity index (χ2n) is 6.61. The SMILES string of the molecule is CCC1CCCCN1C(=O)C(C)OC(=O)/C=C/c1ccc2c(c1)OCO2. The summed E-state index contributed by atoms with van der Waals surface area (Å²) >= 11 is 0. The van der Waals surface area contributed by atoms with Crippen LogP contribution in [0.5, 0.6) is 11.5 Å². The molecule has 2 unspecified atom stereocenters. The third-order valence-electron chi connectivity index (χ3n) is 4.83. The van der Waals surface area contributed by atoms with Gasteiger partial charge in [-0.1, -0.05) is 13.0 Å². The van der Waals surface area contributed by atoms with Gasteiger partial charge in [-0.05, 0) is 56.4 Å². The van der Waals surface area contributed by atoms with Crippen molar-refractivity contribution in [2.24, 2.45) is 0 Å². The zero-order chi connectivity index (χ0) is 18.5. The van der Waals surface area contributed by atoms with Crippen molar-refractivity contribution in [3.63, 3.8) is 0 Å². The number of piperidine rings is 1. The Morgan fingerprint density at radius 3 is 2.92 bits per heavy atom. The number of fused-ring (bicyclic) bond motifs is 1. The van der Waals surface area contributed by atoms with E-state index in [4.69, 9.17) is 14.2 Å². The lowest BCUT2D eigenvalue weighted by Gasteiger charge is -2.36. The van der Waals surface area contributed by atoms with E-state index in [0.29, 0.717) is 11.5 Å². The first-order chi connectivity index (χ1) is 12.6. The van der Waals surface area contributed by atoms with E-state index in [1.165, 1.54) is 6.08 Å². The van der Waals surface area contributed by atoms with Crippen LogP contribution < -0.4 is 9.47 Å². The Morgan fingerprint density at radius 1 is 1.31 bits per heavy atom. The molecule has 2 aliphatic rings. The molecule has 1 fully saturated rings. The number of rotatable bonds is 5. The van der Waals surface area contributed by atoms with Crippen molar-refractivity contribution in [1.82, 2.24) is 4.90 Å². The number of hydrogen-bond donors (Lipinski definition) is 0. The summed E-state index contributed by atoms with van der Waals surface area (Å²) in [6.45, 7) is 4.67. The van der Waals surface area contributed by atoms with Crippen LogP contribution in [0.2, 0.25) is 0 Å². The van der Waals surface area contributed by atoms with Crippen LogP contribution in [-0.4, -0.2) is 42.3 Å². The van der Waals surface area contributed by atoms with Crippen LogP contribution in [0, 0.1) is 0 Å². The average Bonchev–Trinajstić information content (AvgIpc) is 3.13. The summed E-state index contributed by atoms with van der Waals surface area (Å²) in [4.78, 5) is 26.5. The first-order valence-electron chi connectivity index (χ1n) is 9.17. The van der Waals surface area contributed by atoms with Crippen LogP contribution in [0.3, 0.4) is 0 Å². The number of amides is 1. The van der Waals surface area contributed by atoms with Gasteiger partial charge < -0.3 is 19.1 Å². The summed E-state index contributed by atoms with van der Waals surface area (Å²) in [5.41, 5.74) is 0.798. The Morgan fingerprint density at radius 2 is 2.12 bits per heavy atom. The zero-order valence-corrected chi connectivity index (χ0v) is 15.3. The highest BCUT2D eigenvalue weighted by molar-refractivity contribution is 5.90. The summed E-state index contributed by atoms with van der Waals surface area (Å²) in [7, 11) is 0. The summed E-state index contributed by atoms with van der Waals surface area (Å²) in [5.74, 6) is 0.700. The number of carbonyl (C=O) groups excluding carboxylic acids is 2. The van der Waals surface area contributed by atoms with Crippen LogP contribution in [-0.2, 0) is 14.3 Å². The molecule has 1 aromatic rings. The summed E-state index contributed by atoms with van der Waals surface area (Å²) in [6, 6.07) is 5.66. The maximum atomic E-state index is 12.6. The van der Waals surface area contributed by atoms with Crippen molar-refractivity contribution in [1.29, 1.82) is 0 Å². The van der Waals surface area contributed by atoms with Gasteiger partial charge in [-0.2, -0.15) is 0 Å². The third-order valence-corrected chi connectivity index (χ3v) is 4.83. The highest BCUT2D eigenvalue weighted by atomic mass is 16.7. The molecule has 3 rings (SSSR count). The third kappa shape index (κ3) is 4.18. The average molecular weight is 359 g/mol. The number of ether oxygens (including phenoxy) is 3. The van der Waals surface area contributed by atoms with E-state index in [0.717, 1.165) is 37.8 Å². The van der Waals surface area contributed by atoms with Gasteiger partial charge in [-0.15, -0.1) is 0 Å². The molecular formula is C20H25NO5. The van der Waals surface area contributed by atoms with E-state index < -0.39 is 12.1 Å². The molecule has 1 saturated heterocycles. The molecular weight excluding hydrogens is 334 g/mol. The summed E-state index contributed by atoms with van der Waals surface area (Å²) < 4.78 is 15.9. The van der Waals surface area contributed by atoms with Crippen LogP contribution in [0.1, 0.15) is 45.1 Å². The van der Waals surface area contributed by atoms with Gasteiger partial charge in [-0.3, -0.25) is 4.79 Å². The minimum atomic E-state index is -0.781. The largest absolute Gasteiger partial charge is 0.454 e. The molecule has 0 bridgehead atoms. The predicted octanol–water partition coefficient (Wildman–Crippen LogP) is 3.15. The Labute approximate surface area is 153 Å². The molecule has 0 aromatic heterocycles. The fourth-order valence-corrected chi connectivity index (χ4v) is 3.39. The number of likely N-dealkylation sites (tertiary alicyclic amines) is 1. The molecule has 140 valence electrons. The monoisotopic (exact) mass is 359 g/mol. The van der Waals surface area contributed by atoms with E-state index in [9.17, 15) is 9.59 Å². The van der Waals surface area contributed by atoms with Gasteiger partial charge in [0.15, 0.2) is 17.6 Å². The van der Waals surface area contributed by atoms with Crippen LogP contribution in [0.15, 0.2) is 24.3 Å². The molecule has 2 heterocycles. The molecule has 1 aromatic carbocycles. The second kappa shape index (κ2) is 8.25. The minimum Gasteiger partial charge on any atom is -0.454 e. The van der Waals surface area contributed by atoms with E-state index >= 15 is 0 Å². The molecule has 1 amide bonds. The normalized spacial score (nSPS) is 20.2. The van der Waals surface area contributed by atoms with Crippen molar-refractivity contribution >= 4 is 18.0 Å². The molecule has 0 N–H and O–H groups in total. The number of hydrogen-bond acceptors (Lipinski definition) is 5. The molecule has 0 saturated carbocycles. The van der Waals surface area contributed by atoms with E-state index in [-0.39, 0.29) is 18.7 Å². The Balaban J connectivity index is 1.56. The van der Waals surface area contributed by atoms with E-state index in [1.807, 2.05) is 11.0 Å². The number of benzene rings is 1. The molecule has 2 atom stereocenters. The number of esters is 1. The smallest absolute Gasteiger partial charge is 0.331 e. The van der Waals surface area contributed by atoms with Gasteiger partial charge in [-0.25, -0.2) is 4.79 Å². The first kappa shape index (κ1) is 18.3. The zero-order valence-electron chi connectivity index (χ0n) is 15.3. The van der Waals surface area contributed by atoms with Crippen molar-refractivity contribution in [2.75, 3.05) is 13.3 Å². The van der Waals surface area contributed by atoms with Gasteiger partial charge >= 0.3 is 5.97 Å². The lowest BCUT2D eigenvalue weighted by Crippen LogP contribution is -2.48. The maximum Gasteiger partial charge on any atom is 0.331 e. The summed E-state index contributed by atoms with van der Waals surface area (Å²) in [6.07, 6.45) is 6.29. The Kier molecular flexibility index (Phi) is 5.81. The highest BCUT2D eigenvalue weighted by Gasteiger charge is 2.30. The van der Waals surface area contributed by atoms with E-state index in [1.54, 1.807) is 25.1 Å². The van der Waals surface area contributed by atoms with Crippen LogP contribution >= 0.6 is 0 Å². The van der Waals surface area contributed by atoms with Gasteiger partial charge in [0.25, 0.3) is 5.91 Å². The van der Waals surface area contributed by atoms with Crippen molar-refractivity contribution in [3.8, 4) is 11.5 Å². The number of nitrogens with zero attached hydrogens (tertiary/aromatic N) is 1. The maximum absolute atomic E-state index is 12.6. The van der Waals surface area contributed by atoms with Gasteiger partial charge in [0.05, 0.1) is 0 Å². The number of carbonyl (C=O) groups is 2. The van der Waals surface area contributed by atoms with Crippen molar-refractivity contribution in [2.45, 2.75) is 51.7 Å². The molecule has 26 heavy (non-hydrogen) atoms. The summed E-state index contributed by atoms with van der Waals surface area (Å²) in [5, 5.41) is 0. The lowest BCUT2D eigenvalue weighted by atomic mass is 9.99. The fraction of sp³-hybridized carbons (Fsp3) is 0.500. The van der Waals surface area contributed by atoms with Gasteiger partial charge in [0.1, 0.15) is 0 Å². The standard InChI is InChI=1S/C20H25NO5/c1-3-16-6-4-5-11-21(16)20(23)14(2)26-19(22)10-8-15-7-9-17-18(12-15)25-13-24-17/h7-10,12,14,16H,3-6,11,13H2,1-2H3/b10-8+. The Hall–Kier alpha value is -2.50. The molecule has 0 spiro atoms. The molecule has 0 aliphatic carbocycles. The second-order valence-corrected chi connectivity index (χ2v) is 6.61. The first-order valence-corrected chi connectivity index (χ1v) is 9.17. The molecule has 6 nitrogen and oxygen atoms in total. The molecule has 6 heteroatoms. The van der Waals surface area contributed by atoms with Gasteiger partial charge in [0, 0.05) is 18.7 Å². The van der Waals surface area contributed by atoms with Crippen molar-refractivity contribution < 1.29 is 23.8 Å². The van der Waals surface area contributed by atoms with Crippen molar-refractivity contribution in [3.05, 3.63) is 29.8 Å². The lowest BCUT2D eigenvalue weighted by molar-refractivity contribution is -0.157.